The number of para-hydroxylation sites is 2. The summed E-state index contributed by atoms with van der Waals surface area (Å²) in [6.07, 6.45) is 0. The molecule has 0 spiro atoms. The number of esters is 1. The van der Waals surface area contributed by atoms with Gasteiger partial charge in [0.15, 0.2) is 11.5 Å². The lowest BCUT2D eigenvalue weighted by molar-refractivity contribution is 0.0520. The molecule has 0 radical (unpaired) electrons. The largest absolute Gasteiger partial charge is 0.461 e. The monoisotopic (exact) mass is 460 g/mol. The Morgan fingerprint density at radius 2 is 1.61 bits per heavy atom. The van der Waals surface area contributed by atoms with E-state index in [1.807, 2.05) is 23.1 Å². The number of sulfonamides is 1. The van der Waals surface area contributed by atoms with Gasteiger partial charge >= 0.3 is 5.97 Å². The first-order valence-corrected chi connectivity index (χ1v) is 11.7. The Morgan fingerprint density at radius 1 is 1.00 bits per heavy atom. The highest BCUT2D eigenvalue weighted by molar-refractivity contribution is 7.89. The van der Waals surface area contributed by atoms with E-state index in [0.29, 0.717) is 29.9 Å². The summed E-state index contributed by atoms with van der Waals surface area (Å²) in [7, 11) is -3.72. The number of halogens is 1. The topological polar surface area (TPSA) is 92.7 Å². The van der Waals surface area contributed by atoms with Crippen LogP contribution < -0.4 is 4.90 Å². The second kappa shape index (κ2) is 8.78. The zero-order valence-electron chi connectivity index (χ0n) is 16.9. The zero-order chi connectivity index (χ0) is 22.0. The van der Waals surface area contributed by atoms with E-state index >= 15 is 0 Å². The standard InChI is InChI=1S/C21H21ClN4O4S/c1-2-30-21(27)19-20(24-17-9-5-4-8-16(17)23-19)25-11-13-26(14-12-25)31(28,29)18-10-6-3-7-15(18)22/h3-10H,2,11-14H2,1H3. The second-order valence-electron chi connectivity index (χ2n) is 6.93. The lowest BCUT2D eigenvalue weighted by Crippen LogP contribution is -2.49. The summed E-state index contributed by atoms with van der Waals surface area (Å²) >= 11 is 6.11. The quantitative estimate of drug-likeness (QED) is 0.540. The fourth-order valence-electron chi connectivity index (χ4n) is 3.48. The highest BCUT2D eigenvalue weighted by Gasteiger charge is 2.32. The van der Waals surface area contributed by atoms with Crippen molar-refractivity contribution in [3.8, 4) is 0 Å². The molecule has 8 nitrogen and oxygen atoms in total. The number of hydrogen-bond acceptors (Lipinski definition) is 7. The molecule has 2 aromatic carbocycles. The maximum absolute atomic E-state index is 13.0. The van der Waals surface area contributed by atoms with Gasteiger partial charge in [-0.15, -0.1) is 0 Å². The van der Waals surface area contributed by atoms with Crippen LogP contribution >= 0.6 is 11.6 Å². The van der Waals surface area contributed by atoms with Crippen molar-refractivity contribution in [2.24, 2.45) is 0 Å². The average Bonchev–Trinajstić information content (AvgIpc) is 2.78. The minimum Gasteiger partial charge on any atom is -0.461 e. The number of rotatable bonds is 5. The summed E-state index contributed by atoms with van der Waals surface area (Å²) in [4.78, 5) is 23.6. The van der Waals surface area contributed by atoms with E-state index in [9.17, 15) is 13.2 Å². The van der Waals surface area contributed by atoms with Crippen LogP contribution in [0.4, 0.5) is 5.82 Å². The molecule has 0 unspecified atom stereocenters. The molecule has 0 atom stereocenters. The van der Waals surface area contributed by atoms with Gasteiger partial charge in [-0.3, -0.25) is 0 Å². The van der Waals surface area contributed by atoms with E-state index < -0.39 is 16.0 Å². The molecule has 10 heteroatoms. The first-order chi connectivity index (χ1) is 14.9. The number of carbonyl (C=O) groups excluding carboxylic acids is 1. The SMILES string of the molecule is CCOC(=O)c1nc2ccccc2nc1N1CCN(S(=O)(=O)c2ccccc2Cl)CC1. The number of fused-ring (bicyclic) bond motifs is 1. The number of hydrogen-bond donors (Lipinski definition) is 0. The third-order valence-corrected chi connectivity index (χ3v) is 7.41. The molecule has 0 saturated carbocycles. The van der Waals surface area contributed by atoms with Gasteiger partial charge in [-0.1, -0.05) is 35.9 Å². The van der Waals surface area contributed by atoms with Gasteiger partial charge in [0.25, 0.3) is 0 Å². The van der Waals surface area contributed by atoms with Crippen LogP contribution in [0.25, 0.3) is 11.0 Å². The number of ether oxygens (including phenoxy) is 1. The second-order valence-corrected chi connectivity index (χ2v) is 9.24. The van der Waals surface area contributed by atoms with Gasteiger partial charge in [-0.2, -0.15) is 4.31 Å². The molecule has 1 aliphatic rings. The van der Waals surface area contributed by atoms with Gasteiger partial charge in [0, 0.05) is 26.2 Å². The fourth-order valence-corrected chi connectivity index (χ4v) is 5.40. The lowest BCUT2D eigenvalue weighted by atomic mass is 10.2. The molecule has 4 rings (SSSR count). The molecule has 0 amide bonds. The van der Waals surface area contributed by atoms with Crippen molar-refractivity contribution in [3.05, 3.63) is 59.2 Å². The van der Waals surface area contributed by atoms with Crippen molar-refractivity contribution in [1.82, 2.24) is 14.3 Å². The molecule has 1 saturated heterocycles. The molecule has 1 aromatic heterocycles. The van der Waals surface area contributed by atoms with Crippen molar-refractivity contribution in [2.45, 2.75) is 11.8 Å². The van der Waals surface area contributed by atoms with Gasteiger partial charge in [0.2, 0.25) is 10.0 Å². The Hall–Kier alpha value is -2.75. The summed E-state index contributed by atoms with van der Waals surface area (Å²) in [5, 5.41) is 0.190. The first-order valence-electron chi connectivity index (χ1n) is 9.85. The van der Waals surface area contributed by atoms with Crippen molar-refractivity contribution in [3.63, 3.8) is 0 Å². The number of piperazine rings is 1. The fraction of sp³-hybridized carbons (Fsp3) is 0.286. The van der Waals surface area contributed by atoms with E-state index in [1.165, 1.54) is 10.4 Å². The third-order valence-electron chi connectivity index (χ3n) is 5.01. The number of aromatic nitrogens is 2. The maximum Gasteiger partial charge on any atom is 0.360 e. The van der Waals surface area contributed by atoms with Crippen LogP contribution in [0.5, 0.6) is 0 Å². The van der Waals surface area contributed by atoms with Gasteiger partial charge in [-0.05, 0) is 31.2 Å². The molecule has 31 heavy (non-hydrogen) atoms. The highest BCUT2D eigenvalue weighted by Crippen LogP contribution is 2.27. The number of nitrogens with zero attached hydrogens (tertiary/aromatic N) is 4. The average molecular weight is 461 g/mol. The highest BCUT2D eigenvalue weighted by atomic mass is 35.5. The summed E-state index contributed by atoms with van der Waals surface area (Å²) < 4.78 is 32.6. The Morgan fingerprint density at radius 3 is 2.26 bits per heavy atom. The molecule has 2 heterocycles. The predicted molar refractivity (Wildman–Crippen MR) is 118 cm³/mol. The van der Waals surface area contributed by atoms with E-state index in [4.69, 9.17) is 16.3 Å². The maximum atomic E-state index is 13.0. The molecule has 0 aliphatic carbocycles. The van der Waals surface area contributed by atoms with E-state index in [0.717, 1.165) is 0 Å². The van der Waals surface area contributed by atoms with Crippen LogP contribution in [0.3, 0.4) is 0 Å². The van der Waals surface area contributed by atoms with Crippen molar-refractivity contribution in [2.75, 3.05) is 37.7 Å². The minimum absolute atomic E-state index is 0.0860. The van der Waals surface area contributed by atoms with E-state index in [-0.39, 0.29) is 35.3 Å². The zero-order valence-corrected chi connectivity index (χ0v) is 18.4. The number of benzene rings is 2. The Kier molecular flexibility index (Phi) is 6.08. The Balaban J connectivity index is 1.62. The summed E-state index contributed by atoms with van der Waals surface area (Å²) in [6.45, 7) is 3.10. The number of anilines is 1. The molecule has 162 valence electrons. The predicted octanol–water partition coefficient (Wildman–Crippen LogP) is 2.97. The van der Waals surface area contributed by atoms with Gasteiger partial charge in [-0.25, -0.2) is 23.2 Å². The molecule has 0 bridgehead atoms. The molecular formula is C21H21ClN4O4S. The van der Waals surface area contributed by atoms with Crippen molar-refractivity contribution in [1.29, 1.82) is 0 Å². The normalized spacial score (nSPS) is 15.2. The van der Waals surface area contributed by atoms with Gasteiger partial charge < -0.3 is 9.64 Å². The van der Waals surface area contributed by atoms with Crippen molar-refractivity contribution < 1.29 is 17.9 Å². The Bertz CT molecular complexity index is 1230. The lowest BCUT2D eigenvalue weighted by Gasteiger charge is -2.35. The van der Waals surface area contributed by atoms with Crippen LogP contribution in [-0.4, -0.2) is 61.4 Å². The summed E-state index contributed by atoms with van der Waals surface area (Å²) in [5.41, 5.74) is 1.37. The van der Waals surface area contributed by atoms with Crippen LogP contribution in [0.2, 0.25) is 5.02 Å². The summed E-state index contributed by atoms with van der Waals surface area (Å²) in [6, 6.07) is 13.7. The van der Waals surface area contributed by atoms with Gasteiger partial charge in [0.1, 0.15) is 4.90 Å². The van der Waals surface area contributed by atoms with Gasteiger partial charge in [0.05, 0.1) is 22.7 Å². The van der Waals surface area contributed by atoms with E-state index in [1.54, 1.807) is 31.2 Å². The summed E-state index contributed by atoms with van der Waals surface area (Å²) in [5.74, 6) is -0.159. The molecule has 1 aliphatic heterocycles. The van der Waals surface area contributed by atoms with Crippen LogP contribution in [0.1, 0.15) is 17.4 Å². The smallest absolute Gasteiger partial charge is 0.360 e. The minimum atomic E-state index is -3.72. The van der Waals surface area contributed by atoms with Crippen molar-refractivity contribution >= 4 is 44.4 Å². The van der Waals surface area contributed by atoms with Crippen LogP contribution in [-0.2, 0) is 14.8 Å². The number of carbonyl (C=O) groups is 1. The molecule has 3 aromatic rings. The van der Waals surface area contributed by atoms with E-state index in [2.05, 4.69) is 9.97 Å². The van der Waals surface area contributed by atoms with Crippen LogP contribution in [0.15, 0.2) is 53.4 Å². The molecule has 1 fully saturated rings. The third kappa shape index (κ3) is 4.21. The molecular weight excluding hydrogens is 440 g/mol. The van der Waals surface area contributed by atoms with Crippen LogP contribution in [0, 0.1) is 0 Å². The first kappa shape index (κ1) is 21.5. The molecule has 0 N–H and O–H groups in total. The Labute approximate surface area is 185 Å².